The Balaban J connectivity index is 1.88. The third-order valence-corrected chi connectivity index (χ3v) is 4.83. The van der Waals surface area contributed by atoms with Crippen molar-refractivity contribution in [3.63, 3.8) is 0 Å². The number of amides is 1. The summed E-state index contributed by atoms with van der Waals surface area (Å²) in [6.45, 7) is 7.32. The molecule has 0 aliphatic heterocycles. The van der Waals surface area contributed by atoms with Gasteiger partial charge >= 0.3 is 0 Å². The molecule has 0 fully saturated rings. The summed E-state index contributed by atoms with van der Waals surface area (Å²) in [5.41, 5.74) is 6.10. The highest BCUT2D eigenvalue weighted by atomic mass is 16.6. The molecule has 0 spiro atoms. The van der Waals surface area contributed by atoms with Gasteiger partial charge in [0.15, 0.2) is 0 Å². The van der Waals surface area contributed by atoms with Crippen LogP contribution in [0.15, 0.2) is 52.4 Å². The fourth-order valence-electron chi connectivity index (χ4n) is 3.03. The lowest BCUT2D eigenvalue weighted by atomic mass is 10.1. The van der Waals surface area contributed by atoms with E-state index in [1.165, 1.54) is 22.9 Å². The molecule has 0 unspecified atom stereocenters. The van der Waals surface area contributed by atoms with Crippen LogP contribution < -0.4 is 11.0 Å². The molecule has 0 saturated heterocycles. The second-order valence-corrected chi connectivity index (χ2v) is 6.97. The van der Waals surface area contributed by atoms with Crippen LogP contribution in [0.3, 0.4) is 0 Å². The second kappa shape index (κ2) is 8.16. The number of benzene rings is 2. The number of nitrogens with zero attached hydrogens (tertiary/aromatic N) is 3. The van der Waals surface area contributed by atoms with Gasteiger partial charge in [0.2, 0.25) is 0 Å². The van der Waals surface area contributed by atoms with Gasteiger partial charge in [-0.1, -0.05) is 12.1 Å². The number of non-ortho nitro benzene ring substituents is 1. The molecule has 2 aromatic carbocycles. The molecule has 3 rings (SSSR count). The lowest BCUT2D eigenvalue weighted by Crippen LogP contribution is -2.23. The molecule has 9 nitrogen and oxygen atoms in total. The number of aromatic amines is 1. The van der Waals surface area contributed by atoms with Crippen molar-refractivity contribution in [3.8, 4) is 5.69 Å². The highest BCUT2D eigenvalue weighted by molar-refractivity contribution is 6.01. The van der Waals surface area contributed by atoms with Crippen molar-refractivity contribution in [2.45, 2.75) is 27.7 Å². The number of carbonyl (C=O) groups excluding carboxylic acids is 1. The average molecular weight is 407 g/mol. The molecule has 1 heterocycles. The van der Waals surface area contributed by atoms with Crippen molar-refractivity contribution >= 4 is 17.3 Å². The van der Waals surface area contributed by atoms with E-state index in [4.69, 9.17) is 0 Å². The van der Waals surface area contributed by atoms with Crippen LogP contribution in [-0.4, -0.2) is 26.3 Å². The number of H-pyrrole nitrogens is 1. The highest BCUT2D eigenvalue weighted by Gasteiger charge is 2.16. The Morgan fingerprint density at radius 1 is 1.13 bits per heavy atom. The van der Waals surface area contributed by atoms with Gasteiger partial charge in [0.05, 0.1) is 21.9 Å². The number of hydrogen-bond acceptors (Lipinski definition) is 5. The molecule has 0 aliphatic rings. The molecular formula is C21H21N5O4. The summed E-state index contributed by atoms with van der Waals surface area (Å²) < 4.78 is 1.43. The third-order valence-electron chi connectivity index (χ3n) is 4.83. The number of nitro groups is 1. The van der Waals surface area contributed by atoms with Crippen LogP contribution >= 0.6 is 0 Å². The number of hydrazone groups is 1. The van der Waals surface area contributed by atoms with E-state index in [1.807, 2.05) is 32.0 Å². The highest BCUT2D eigenvalue weighted by Crippen LogP contribution is 2.14. The molecule has 30 heavy (non-hydrogen) atoms. The van der Waals surface area contributed by atoms with Gasteiger partial charge in [-0.15, -0.1) is 0 Å². The van der Waals surface area contributed by atoms with Gasteiger partial charge in [0.25, 0.3) is 17.2 Å². The van der Waals surface area contributed by atoms with E-state index in [2.05, 4.69) is 15.6 Å². The van der Waals surface area contributed by atoms with E-state index in [0.717, 1.165) is 17.2 Å². The summed E-state index contributed by atoms with van der Waals surface area (Å²) in [5.74, 6) is -0.610. The summed E-state index contributed by atoms with van der Waals surface area (Å²) in [6, 6.07) is 11.0. The zero-order valence-corrected chi connectivity index (χ0v) is 17.0. The third kappa shape index (κ3) is 4.04. The molecule has 0 aliphatic carbocycles. The predicted octanol–water partition coefficient (Wildman–Crippen LogP) is 3.15. The largest absolute Gasteiger partial charge is 0.295 e. The molecule has 1 aromatic heterocycles. The maximum Gasteiger partial charge on any atom is 0.280 e. The summed E-state index contributed by atoms with van der Waals surface area (Å²) in [6.07, 6.45) is 0. The summed E-state index contributed by atoms with van der Waals surface area (Å²) >= 11 is 0. The summed E-state index contributed by atoms with van der Waals surface area (Å²) in [4.78, 5) is 35.5. The molecule has 2 N–H and O–H groups in total. The number of nitrogens with one attached hydrogen (secondary N) is 2. The van der Waals surface area contributed by atoms with E-state index in [9.17, 15) is 19.7 Å². The molecular weight excluding hydrogens is 386 g/mol. The van der Waals surface area contributed by atoms with E-state index in [1.54, 1.807) is 13.8 Å². The first-order chi connectivity index (χ1) is 14.2. The fraction of sp³-hybridized carbons (Fsp3) is 0.190. The minimum absolute atomic E-state index is 0.0964. The molecule has 0 radical (unpaired) electrons. The molecule has 0 bridgehead atoms. The van der Waals surface area contributed by atoms with Crippen LogP contribution in [0, 0.1) is 30.9 Å². The Hall–Kier alpha value is -4.01. The second-order valence-electron chi connectivity index (χ2n) is 6.97. The van der Waals surface area contributed by atoms with E-state index in [-0.39, 0.29) is 16.8 Å². The number of carbonyl (C=O) groups is 1. The van der Waals surface area contributed by atoms with Crippen LogP contribution in [0.2, 0.25) is 0 Å². The molecule has 0 saturated carbocycles. The molecule has 1 amide bonds. The maximum atomic E-state index is 12.9. The van der Waals surface area contributed by atoms with Gasteiger partial charge in [-0.25, -0.2) is 10.1 Å². The van der Waals surface area contributed by atoms with Crippen LogP contribution in [0.5, 0.6) is 0 Å². The first-order valence-electron chi connectivity index (χ1n) is 9.17. The van der Waals surface area contributed by atoms with Crippen molar-refractivity contribution in [1.82, 2.24) is 15.2 Å². The quantitative estimate of drug-likeness (QED) is 0.383. The first-order valence-corrected chi connectivity index (χ1v) is 9.17. The standard InChI is InChI=1S/C21H21N5O4/c1-12-8-9-17(10-13(12)2)25-21(28)19(15(4)24-25)14(3)22-23-20(27)16-6-5-7-18(11-16)26(29)30/h5-11,24H,1-4H3,(H,23,27)/b22-14-. The Morgan fingerprint density at radius 2 is 1.87 bits per heavy atom. The van der Waals surface area contributed by atoms with Crippen molar-refractivity contribution < 1.29 is 9.72 Å². The zero-order chi connectivity index (χ0) is 22.0. The van der Waals surface area contributed by atoms with Gasteiger partial charge in [-0.2, -0.15) is 5.10 Å². The molecule has 0 atom stereocenters. The Kier molecular flexibility index (Phi) is 5.63. The van der Waals surface area contributed by atoms with Gasteiger partial charge < -0.3 is 0 Å². The van der Waals surface area contributed by atoms with Gasteiger partial charge in [0, 0.05) is 23.4 Å². The van der Waals surface area contributed by atoms with Crippen LogP contribution in [0.4, 0.5) is 5.69 Å². The van der Waals surface area contributed by atoms with E-state index in [0.29, 0.717) is 22.7 Å². The summed E-state index contributed by atoms with van der Waals surface area (Å²) in [5, 5.41) is 17.9. The fourth-order valence-corrected chi connectivity index (χ4v) is 3.03. The van der Waals surface area contributed by atoms with E-state index >= 15 is 0 Å². The van der Waals surface area contributed by atoms with E-state index < -0.39 is 10.8 Å². The molecule has 9 heteroatoms. The first kappa shape index (κ1) is 20.7. The predicted molar refractivity (Wildman–Crippen MR) is 113 cm³/mol. The van der Waals surface area contributed by atoms with Crippen molar-refractivity contribution in [2.75, 3.05) is 0 Å². The monoisotopic (exact) mass is 407 g/mol. The lowest BCUT2D eigenvalue weighted by molar-refractivity contribution is -0.384. The van der Waals surface area contributed by atoms with Crippen LogP contribution in [-0.2, 0) is 0 Å². The lowest BCUT2D eigenvalue weighted by Gasteiger charge is -2.05. The average Bonchev–Trinajstić information content (AvgIpc) is 3.02. The van der Waals surface area contributed by atoms with Crippen molar-refractivity contribution in [1.29, 1.82) is 0 Å². The zero-order valence-electron chi connectivity index (χ0n) is 17.0. The molecule has 154 valence electrons. The van der Waals surface area contributed by atoms with Crippen LogP contribution in [0.25, 0.3) is 5.69 Å². The normalized spacial score (nSPS) is 11.4. The Morgan fingerprint density at radius 3 is 2.53 bits per heavy atom. The minimum atomic E-state index is -0.610. The van der Waals surface area contributed by atoms with Gasteiger partial charge in [-0.05, 0) is 57.0 Å². The molecule has 3 aromatic rings. The van der Waals surface area contributed by atoms with Crippen molar-refractivity contribution in [3.05, 3.63) is 90.9 Å². The Bertz CT molecular complexity index is 1240. The number of aryl methyl sites for hydroxylation is 3. The SMILES string of the molecule is C/C(=N/NC(=O)c1cccc([N+](=O)[O-])c1)c1c(C)[nH]n(-c2ccc(C)c(C)c2)c1=O. The van der Waals surface area contributed by atoms with Crippen molar-refractivity contribution in [2.24, 2.45) is 5.10 Å². The number of aromatic nitrogens is 2. The maximum absolute atomic E-state index is 12.9. The van der Waals surface area contributed by atoms with Gasteiger partial charge in [0.1, 0.15) is 0 Å². The van der Waals surface area contributed by atoms with Gasteiger partial charge in [-0.3, -0.25) is 24.8 Å². The smallest absolute Gasteiger partial charge is 0.280 e. The van der Waals surface area contributed by atoms with Crippen LogP contribution in [0.1, 0.15) is 39.7 Å². The Labute approximate surface area is 172 Å². The summed E-state index contributed by atoms with van der Waals surface area (Å²) in [7, 11) is 0. The number of nitro benzene ring substituents is 1. The minimum Gasteiger partial charge on any atom is -0.295 e. The number of rotatable bonds is 5. The number of hydrogen-bond donors (Lipinski definition) is 2. The topological polar surface area (TPSA) is 122 Å².